The predicted octanol–water partition coefficient (Wildman–Crippen LogP) is 0.397. The molecule has 0 fully saturated rings. The third-order valence-electron chi connectivity index (χ3n) is 2.10. The van der Waals surface area contributed by atoms with E-state index in [9.17, 15) is 9.59 Å². The maximum Gasteiger partial charge on any atom is 0.332 e. The van der Waals surface area contributed by atoms with E-state index >= 15 is 0 Å². The van der Waals surface area contributed by atoms with Crippen molar-refractivity contribution in [3.05, 3.63) is 62.9 Å². The minimum Gasteiger partial charge on any atom is -0.273 e. The molecule has 0 saturated carbocycles. The van der Waals surface area contributed by atoms with Gasteiger partial charge in [-0.15, -0.1) is 0 Å². The van der Waals surface area contributed by atoms with Crippen molar-refractivity contribution in [3.8, 4) is 11.8 Å². The fraction of sp³-hybridized carbons (Fsp3) is 0. The Kier molecular flexibility index (Phi) is 2.40. The molecule has 1 N–H and O–H groups in total. The Labute approximate surface area is 90.2 Å². The number of nitriles is 1. The highest BCUT2D eigenvalue weighted by molar-refractivity contribution is 5.33. The summed E-state index contributed by atoms with van der Waals surface area (Å²) in [5.41, 5.74) is -0.724. The number of benzene rings is 1. The predicted molar refractivity (Wildman–Crippen MR) is 57.4 cm³/mol. The summed E-state index contributed by atoms with van der Waals surface area (Å²) in [6, 6.07) is 10.5. The van der Waals surface area contributed by atoms with Crippen LogP contribution in [-0.4, -0.2) is 9.55 Å². The molecule has 0 saturated heterocycles. The van der Waals surface area contributed by atoms with Crippen LogP contribution in [-0.2, 0) is 0 Å². The first kappa shape index (κ1) is 9.93. The van der Waals surface area contributed by atoms with E-state index < -0.39 is 11.2 Å². The average Bonchev–Trinajstić information content (AvgIpc) is 2.30. The number of para-hydroxylation sites is 1. The van der Waals surface area contributed by atoms with Gasteiger partial charge in [-0.3, -0.25) is 14.3 Å². The molecule has 0 spiro atoms. The van der Waals surface area contributed by atoms with Gasteiger partial charge in [-0.25, -0.2) is 4.79 Å². The van der Waals surface area contributed by atoms with Gasteiger partial charge in [-0.05, 0) is 12.1 Å². The monoisotopic (exact) mass is 213 g/mol. The van der Waals surface area contributed by atoms with Crippen molar-refractivity contribution in [2.45, 2.75) is 0 Å². The second-order valence-corrected chi connectivity index (χ2v) is 3.12. The molecule has 0 bridgehead atoms. The van der Waals surface area contributed by atoms with Gasteiger partial charge in [0.2, 0.25) is 0 Å². The molecule has 0 amide bonds. The molecular weight excluding hydrogens is 206 g/mol. The molecule has 2 rings (SSSR count). The lowest BCUT2D eigenvalue weighted by atomic mass is 10.3. The third kappa shape index (κ3) is 1.64. The lowest BCUT2D eigenvalue weighted by molar-refractivity contribution is 0.889. The molecule has 1 aromatic heterocycles. The van der Waals surface area contributed by atoms with E-state index in [4.69, 9.17) is 5.26 Å². The quantitative estimate of drug-likeness (QED) is 0.744. The van der Waals surface area contributed by atoms with Crippen LogP contribution >= 0.6 is 0 Å². The number of aromatic amines is 1. The molecule has 0 radical (unpaired) electrons. The maximum absolute atomic E-state index is 11.5. The van der Waals surface area contributed by atoms with Crippen molar-refractivity contribution in [2.24, 2.45) is 0 Å². The van der Waals surface area contributed by atoms with Gasteiger partial charge in [-0.2, -0.15) is 5.26 Å². The van der Waals surface area contributed by atoms with Crippen LogP contribution < -0.4 is 11.2 Å². The van der Waals surface area contributed by atoms with E-state index in [1.165, 1.54) is 10.8 Å². The molecule has 1 heterocycles. The minimum atomic E-state index is -0.667. The third-order valence-corrected chi connectivity index (χ3v) is 2.10. The van der Waals surface area contributed by atoms with Gasteiger partial charge >= 0.3 is 5.69 Å². The van der Waals surface area contributed by atoms with Gasteiger partial charge in [0.15, 0.2) is 0 Å². The highest BCUT2D eigenvalue weighted by Gasteiger charge is 2.04. The SMILES string of the molecule is N#Cc1cn(-c2ccccc2)c(=O)[nH]c1=O. The fourth-order valence-corrected chi connectivity index (χ4v) is 1.33. The van der Waals surface area contributed by atoms with Crippen molar-refractivity contribution < 1.29 is 0 Å². The van der Waals surface area contributed by atoms with Crippen LogP contribution in [0.4, 0.5) is 0 Å². The van der Waals surface area contributed by atoms with Gasteiger partial charge < -0.3 is 0 Å². The summed E-state index contributed by atoms with van der Waals surface area (Å²) < 4.78 is 1.22. The van der Waals surface area contributed by atoms with Gasteiger partial charge in [0.1, 0.15) is 11.6 Å². The van der Waals surface area contributed by atoms with Gasteiger partial charge in [0.05, 0.1) is 5.69 Å². The Balaban J connectivity index is 2.73. The van der Waals surface area contributed by atoms with Crippen LogP contribution in [0.5, 0.6) is 0 Å². The number of nitrogens with one attached hydrogen (secondary N) is 1. The number of hydrogen-bond donors (Lipinski definition) is 1. The normalized spacial score (nSPS) is 9.69. The number of H-pyrrole nitrogens is 1. The van der Waals surface area contributed by atoms with Crippen LogP contribution in [0.25, 0.3) is 5.69 Å². The Hall–Kier alpha value is -2.61. The lowest BCUT2D eigenvalue weighted by Gasteiger charge is -2.03. The van der Waals surface area contributed by atoms with Crippen LogP contribution in [0.3, 0.4) is 0 Å². The molecule has 5 heteroatoms. The summed E-state index contributed by atoms with van der Waals surface area (Å²) in [5, 5.41) is 8.70. The first-order chi connectivity index (χ1) is 7.72. The Morgan fingerprint density at radius 2 is 1.88 bits per heavy atom. The zero-order valence-electron chi connectivity index (χ0n) is 8.18. The smallest absolute Gasteiger partial charge is 0.273 e. The van der Waals surface area contributed by atoms with E-state index in [1.807, 2.05) is 6.07 Å². The molecule has 78 valence electrons. The van der Waals surface area contributed by atoms with Crippen LogP contribution in [0, 0.1) is 11.3 Å². The second-order valence-electron chi connectivity index (χ2n) is 3.12. The Bertz CT molecular complexity index is 662. The molecule has 0 atom stereocenters. The highest BCUT2D eigenvalue weighted by Crippen LogP contribution is 2.02. The van der Waals surface area contributed by atoms with Crippen molar-refractivity contribution in [2.75, 3.05) is 0 Å². The van der Waals surface area contributed by atoms with Gasteiger partial charge in [-0.1, -0.05) is 18.2 Å². The molecule has 16 heavy (non-hydrogen) atoms. The zero-order chi connectivity index (χ0) is 11.5. The van der Waals surface area contributed by atoms with E-state index in [-0.39, 0.29) is 5.56 Å². The number of aromatic nitrogens is 2. The topological polar surface area (TPSA) is 78.7 Å². The summed E-state index contributed by atoms with van der Waals surface area (Å²) in [4.78, 5) is 24.8. The lowest BCUT2D eigenvalue weighted by Crippen LogP contribution is -2.29. The first-order valence-electron chi connectivity index (χ1n) is 4.54. The average molecular weight is 213 g/mol. The highest BCUT2D eigenvalue weighted by atomic mass is 16.2. The standard InChI is InChI=1S/C11H7N3O2/c12-6-8-7-14(11(16)13-10(8)15)9-4-2-1-3-5-9/h1-5,7H,(H,13,15,16). The van der Waals surface area contributed by atoms with Crippen molar-refractivity contribution in [3.63, 3.8) is 0 Å². The van der Waals surface area contributed by atoms with Crippen molar-refractivity contribution in [1.82, 2.24) is 9.55 Å². The van der Waals surface area contributed by atoms with Gasteiger partial charge in [0.25, 0.3) is 5.56 Å². The van der Waals surface area contributed by atoms with Gasteiger partial charge in [0, 0.05) is 6.20 Å². The summed E-state index contributed by atoms with van der Waals surface area (Å²) in [7, 11) is 0. The summed E-state index contributed by atoms with van der Waals surface area (Å²) in [5.74, 6) is 0. The molecular formula is C11H7N3O2. The summed E-state index contributed by atoms with van der Waals surface area (Å²) >= 11 is 0. The van der Waals surface area contributed by atoms with Crippen molar-refractivity contribution >= 4 is 0 Å². The largest absolute Gasteiger partial charge is 0.332 e. The Morgan fingerprint density at radius 1 is 1.19 bits per heavy atom. The van der Waals surface area contributed by atoms with E-state index in [2.05, 4.69) is 4.98 Å². The Morgan fingerprint density at radius 3 is 2.50 bits per heavy atom. The molecule has 5 nitrogen and oxygen atoms in total. The maximum atomic E-state index is 11.5. The molecule has 1 aromatic carbocycles. The number of rotatable bonds is 1. The minimum absolute atomic E-state index is 0.0940. The van der Waals surface area contributed by atoms with E-state index in [0.717, 1.165) is 0 Å². The molecule has 0 aliphatic heterocycles. The van der Waals surface area contributed by atoms with Crippen molar-refractivity contribution in [1.29, 1.82) is 5.26 Å². The molecule has 2 aromatic rings. The summed E-state index contributed by atoms with van der Waals surface area (Å²) in [6.45, 7) is 0. The second kappa shape index (κ2) is 3.87. The van der Waals surface area contributed by atoms with E-state index in [0.29, 0.717) is 5.69 Å². The first-order valence-corrected chi connectivity index (χ1v) is 4.54. The van der Waals surface area contributed by atoms with Crippen LogP contribution in [0.1, 0.15) is 5.56 Å². The van der Waals surface area contributed by atoms with Crippen LogP contribution in [0.2, 0.25) is 0 Å². The number of nitrogens with zero attached hydrogens (tertiary/aromatic N) is 2. The zero-order valence-corrected chi connectivity index (χ0v) is 8.18. The molecule has 0 unspecified atom stereocenters. The molecule has 0 aliphatic carbocycles. The van der Waals surface area contributed by atoms with Crippen LogP contribution in [0.15, 0.2) is 46.1 Å². The van der Waals surface area contributed by atoms with E-state index in [1.54, 1.807) is 30.3 Å². The fourth-order valence-electron chi connectivity index (χ4n) is 1.33. The molecule has 0 aliphatic rings. The summed E-state index contributed by atoms with van der Waals surface area (Å²) in [6.07, 6.45) is 1.23. The number of hydrogen-bond acceptors (Lipinski definition) is 3.